The molecule has 0 spiro atoms. The van der Waals surface area contributed by atoms with E-state index < -0.39 is 10.0 Å². The summed E-state index contributed by atoms with van der Waals surface area (Å²) < 4.78 is 31.1. The number of ether oxygens (including phenoxy) is 1. The Hall–Kier alpha value is -3.02. The molecule has 0 amide bonds. The third kappa shape index (κ3) is 5.53. The van der Waals surface area contributed by atoms with Crippen LogP contribution in [0, 0.1) is 0 Å². The number of sulfonamides is 1. The van der Waals surface area contributed by atoms with Gasteiger partial charge in [-0.2, -0.15) is 9.29 Å². The van der Waals surface area contributed by atoms with Crippen LogP contribution in [0.5, 0.6) is 0 Å². The van der Waals surface area contributed by atoms with Crippen molar-refractivity contribution in [3.05, 3.63) is 42.2 Å². The predicted molar refractivity (Wildman–Crippen MR) is 157 cm³/mol. The van der Waals surface area contributed by atoms with Crippen LogP contribution in [0.15, 0.2) is 36.7 Å². The first-order valence-electron chi connectivity index (χ1n) is 13.6. The summed E-state index contributed by atoms with van der Waals surface area (Å²) in [5.74, 6) is 2.46. The maximum Gasteiger partial charge on any atom is 0.227 e. The summed E-state index contributed by atoms with van der Waals surface area (Å²) in [5.41, 5.74) is 2.31. The summed E-state index contributed by atoms with van der Waals surface area (Å²) in [4.78, 5) is 18.5. The van der Waals surface area contributed by atoms with Crippen molar-refractivity contribution in [1.29, 1.82) is 0 Å². The summed E-state index contributed by atoms with van der Waals surface area (Å²) in [5, 5.41) is 5.57. The maximum atomic E-state index is 12.1. The van der Waals surface area contributed by atoms with Gasteiger partial charge in [-0.3, -0.25) is 0 Å². The number of anilines is 4. The van der Waals surface area contributed by atoms with Crippen LogP contribution in [0.25, 0.3) is 10.8 Å². The summed E-state index contributed by atoms with van der Waals surface area (Å²) in [6.07, 6.45) is 7.18. The molecule has 2 atom stereocenters. The highest BCUT2D eigenvalue weighted by Gasteiger charge is 2.41. The summed E-state index contributed by atoms with van der Waals surface area (Å²) in [7, 11) is 0.184. The van der Waals surface area contributed by atoms with E-state index in [2.05, 4.69) is 59.1 Å². The van der Waals surface area contributed by atoms with Gasteiger partial charge in [0.2, 0.25) is 16.0 Å². The maximum absolute atomic E-state index is 12.1. The van der Waals surface area contributed by atoms with Gasteiger partial charge in [0.15, 0.2) is 0 Å². The van der Waals surface area contributed by atoms with E-state index in [1.54, 1.807) is 20.4 Å². The molecule has 4 heterocycles. The Morgan fingerprint density at radius 1 is 1.10 bits per heavy atom. The Labute approximate surface area is 231 Å². The molecule has 0 bridgehead atoms. The van der Waals surface area contributed by atoms with Crippen molar-refractivity contribution in [2.75, 3.05) is 55.2 Å². The van der Waals surface area contributed by atoms with E-state index in [-0.39, 0.29) is 12.1 Å². The monoisotopic (exact) mass is 553 g/mol. The molecule has 2 aliphatic rings. The molecule has 210 valence electrons. The zero-order valence-corrected chi connectivity index (χ0v) is 24.4. The molecule has 1 N–H and O–H groups in total. The van der Waals surface area contributed by atoms with Gasteiger partial charge in [-0.05, 0) is 54.8 Å². The second-order valence-electron chi connectivity index (χ2n) is 11.0. The van der Waals surface area contributed by atoms with E-state index >= 15 is 0 Å². The highest BCUT2D eigenvalue weighted by Crippen LogP contribution is 2.39. The average Bonchev–Trinajstić information content (AvgIpc) is 2.91. The fourth-order valence-electron chi connectivity index (χ4n) is 5.63. The van der Waals surface area contributed by atoms with Gasteiger partial charge in [0.1, 0.15) is 11.6 Å². The Balaban J connectivity index is 1.40. The van der Waals surface area contributed by atoms with Crippen LogP contribution >= 0.6 is 0 Å². The molecule has 0 unspecified atom stereocenters. The number of likely N-dealkylation sites (N-methyl/N-ethyl adjacent to an activating group) is 1. The first-order valence-corrected chi connectivity index (χ1v) is 15.4. The Morgan fingerprint density at radius 2 is 1.85 bits per heavy atom. The lowest BCUT2D eigenvalue weighted by atomic mass is 9.92. The molecular weight excluding hydrogens is 514 g/mol. The second-order valence-corrected chi connectivity index (χ2v) is 13.0. The molecular formula is C28H39N7O3S. The smallest absolute Gasteiger partial charge is 0.227 e. The van der Waals surface area contributed by atoms with E-state index in [0.29, 0.717) is 30.3 Å². The topological polar surface area (TPSA) is 104 Å². The quantitative estimate of drug-likeness (QED) is 0.444. The number of methoxy groups -OCH3 is 1. The number of hydrogen-bond donors (Lipinski definition) is 1. The lowest BCUT2D eigenvalue weighted by Gasteiger charge is -2.51. The van der Waals surface area contributed by atoms with Gasteiger partial charge >= 0.3 is 0 Å². The molecule has 5 rings (SSSR count). The first-order chi connectivity index (χ1) is 18.6. The van der Waals surface area contributed by atoms with E-state index in [1.165, 1.54) is 16.1 Å². The number of piperidine rings is 1. The summed E-state index contributed by atoms with van der Waals surface area (Å²) in [6.45, 7) is 8.83. The molecule has 2 saturated heterocycles. The number of benzene rings is 1. The van der Waals surface area contributed by atoms with Gasteiger partial charge in [-0.1, -0.05) is 19.9 Å². The number of hydrogen-bond acceptors (Lipinski definition) is 9. The van der Waals surface area contributed by atoms with E-state index in [0.717, 1.165) is 48.2 Å². The lowest BCUT2D eigenvalue weighted by Crippen LogP contribution is -2.65. The average molecular weight is 554 g/mol. The highest BCUT2D eigenvalue weighted by molar-refractivity contribution is 7.88. The SMILES string of the molecule is COC1CCN(c2nccc(Nc3cc4c(C(C)C)ccc(N5C[C@H](N(C)S(C)(=O)=O)[C@H]5C)c4cn3)n2)CC1. The molecule has 39 heavy (non-hydrogen) atoms. The molecule has 1 aromatic carbocycles. The molecule has 2 aromatic heterocycles. The van der Waals surface area contributed by atoms with Gasteiger partial charge in [-0.25, -0.2) is 18.4 Å². The molecule has 11 heteroatoms. The van der Waals surface area contributed by atoms with Crippen LogP contribution in [-0.4, -0.2) is 85.9 Å². The largest absolute Gasteiger partial charge is 0.381 e. The molecule has 2 fully saturated rings. The number of nitrogens with zero attached hydrogens (tertiary/aromatic N) is 6. The molecule has 3 aromatic rings. The highest BCUT2D eigenvalue weighted by atomic mass is 32.2. The van der Waals surface area contributed by atoms with Crippen molar-refractivity contribution < 1.29 is 13.2 Å². The van der Waals surface area contributed by atoms with Crippen molar-refractivity contribution in [3.63, 3.8) is 0 Å². The Bertz CT molecular complexity index is 1440. The minimum Gasteiger partial charge on any atom is -0.381 e. The molecule has 0 saturated carbocycles. The van der Waals surface area contributed by atoms with Gasteiger partial charge < -0.3 is 19.9 Å². The van der Waals surface area contributed by atoms with Crippen LogP contribution in [0.1, 0.15) is 45.1 Å². The second kappa shape index (κ2) is 10.9. The van der Waals surface area contributed by atoms with Crippen LogP contribution < -0.4 is 15.1 Å². The summed E-state index contributed by atoms with van der Waals surface area (Å²) >= 11 is 0. The minimum absolute atomic E-state index is 0.0547. The van der Waals surface area contributed by atoms with Crippen LogP contribution in [0.2, 0.25) is 0 Å². The van der Waals surface area contributed by atoms with E-state index in [1.807, 2.05) is 12.3 Å². The van der Waals surface area contributed by atoms with Crippen LogP contribution in [0.4, 0.5) is 23.3 Å². The van der Waals surface area contributed by atoms with Gasteiger partial charge in [0.25, 0.3) is 0 Å². The molecule has 0 aliphatic carbocycles. The fourth-order valence-corrected chi connectivity index (χ4v) is 6.37. The predicted octanol–water partition coefficient (Wildman–Crippen LogP) is 3.98. The molecule has 2 aliphatic heterocycles. The standard InChI is InChI=1S/C28H39N7O3S/c1-18(2)21-7-8-24(35-17-25(19(35)3)33(4)39(6,36)37)23-16-30-27(15-22(21)23)31-26-9-12-29-28(32-26)34-13-10-20(38-5)11-14-34/h7-9,12,15-16,18-20,25H,10-11,13-14,17H2,1-6H3,(H,29,30,31,32)/t19-,25+/m1/s1. The minimum atomic E-state index is -3.24. The number of rotatable bonds is 8. The normalized spacial score (nSPS) is 20.6. The number of fused-ring (bicyclic) bond motifs is 1. The van der Waals surface area contributed by atoms with Crippen molar-refractivity contribution in [3.8, 4) is 0 Å². The van der Waals surface area contributed by atoms with Crippen molar-refractivity contribution in [1.82, 2.24) is 19.3 Å². The third-order valence-electron chi connectivity index (χ3n) is 8.22. The van der Waals surface area contributed by atoms with E-state index in [4.69, 9.17) is 14.7 Å². The van der Waals surface area contributed by atoms with Crippen molar-refractivity contribution >= 4 is 44.1 Å². The van der Waals surface area contributed by atoms with Crippen LogP contribution in [0.3, 0.4) is 0 Å². The zero-order chi connectivity index (χ0) is 27.9. The first kappa shape index (κ1) is 27.5. The van der Waals surface area contributed by atoms with Gasteiger partial charge in [0.05, 0.1) is 18.4 Å². The number of pyridine rings is 1. The van der Waals surface area contributed by atoms with Crippen LogP contribution in [-0.2, 0) is 14.8 Å². The van der Waals surface area contributed by atoms with Gasteiger partial charge in [0, 0.05) is 63.3 Å². The number of aromatic nitrogens is 3. The van der Waals surface area contributed by atoms with E-state index in [9.17, 15) is 8.42 Å². The Kier molecular flexibility index (Phi) is 7.67. The van der Waals surface area contributed by atoms with Crippen molar-refractivity contribution in [2.45, 2.75) is 57.7 Å². The number of nitrogens with one attached hydrogen (secondary N) is 1. The van der Waals surface area contributed by atoms with Gasteiger partial charge in [-0.15, -0.1) is 0 Å². The summed E-state index contributed by atoms with van der Waals surface area (Å²) in [6, 6.07) is 8.27. The lowest BCUT2D eigenvalue weighted by molar-refractivity contribution is 0.0816. The molecule has 0 radical (unpaired) electrons. The molecule has 10 nitrogen and oxygen atoms in total. The fraction of sp³-hybridized carbons (Fsp3) is 0.536. The van der Waals surface area contributed by atoms with Crippen molar-refractivity contribution in [2.24, 2.45) is 0 Å². The zero-order valence-electron chi connectivity index (χ0n) is 23.6. The Morgan fingerprint density at radius 3 is 2.49 bits per heavy atom. The third-order valence-corrected chi connectivity index (χ3v) is 9.54.